The monoisotopic (exact) mass is 293 g/mol. The molecule has 0 fully saturated rings. The van der Waals surface area contributed by atoms with Crippen LogP contribution in [-0.2, 0) is 0 Å². The number of hydrogen-bond donors (Lipinski definition) is 1. The lowest BCUT2D eigenvalue weighted by molar-refractivity contribution is -0.385. The summed E-state index contributed by atoms with van der Waals surface area (Å²) in [6.07, 6.45) is 1.33. The van der Waals surface area contributed by atoms with Gasteiger partial charge in [0.15, 0.2) is 0 Å². The lowest BCUT2D eigenvalue weighted by Crippen LogP contribution is -1.95. The molecule has 8 heteroatoms. The van der Waals surface area contributed by atoms with Crippen molar-refractivity contribution >= 4 is 44.1 Å². The Morgan fingerprint density at radius 3 is 2.93 bits per heavy atom. The molecular weight excluding hydrogens is 292 g/mol. The molecule has 0 spiro atoms. The van der Waals surface area contributed by atoms with Crippen molar-refractivity contribution in [2.24, 2.45) is 0 Å². The Morgan fingerprint density at radius 2 is 2.33 bits per heavy atom. The van der Waals surface area contributed by atoms with E-state index < -0.39 is 16.4 Å². The number of fused-ring (bicyclic) bond motifs is 1. The maximum atomic E-state index is 13.5. The summed E-state index contributed by atoms with van der Waals surface area (Å²) in [5, 5.41) is 16.6. The molecule has 1 aromatic heterocycles. The maximum Gasteiger partial charge on any atom is 0.331 e. The smallest absolute Gasteiger partial charge is 0.271 e. The van der Waals surface area contributed by atoms with Gasteiger partial charge < -0.3 is 0 Å². The van der Waals surface area contributed by atoms with Crippen LogP contribution in [0.3, 0.4) is 0 Å². The molecule has 0 saturated heterocycles. The first-order valence-electron chi connectivity index (χ1n) is 3.68. The second-order valence-electron chi connectivity index (χ2n) is 2.71. The van der Waals surface area contributed by atoms with Gasteiger partial charge in [0.25, 0.3) is 0 Å². The van der Waals surface area contributed by atoms with Crippen molar-refractivity contribution in [1.29, 1.82) is 0 Å². The molecule has 5 nitrogen and oxygen atoms in total. The van der Waals surface area contributed by atoms with Crippen molar-refractivity contribution in [2.45, 2.75) is 0 Å². The molecule has 2 rings (SSSR count). The molecule has 0 atom stereocenters. The highest BCUT2D eigenvalue weighted by Gasteiger charge is 2.26. The molecule has 15 heavy (non-hydrogen) atoms. The fraction of sp³-hybridized carbons (Fsp3) is 0. The van der Waals surface area contributed by atoms with Crippen LogP contribution in [0.25, 0.3) is 10.9 Å². The highest BCUT2D eigenvalue weighted by molar-refractivity contribution is 9.10. The summed E-state index contributed by atoms with van der Waals surface area (Å²) < 4.78 is 13.7. The average molecular weight is 294 g/mol. The lowest BCUT2D eigenvalue weighted by atomic mass is 10.2. The van der Waals surface area contributed by atoms with Gasteiger partial charge in [0.2, 0.25) is 5.82 Å². The average Bonchev–Trinajstić information content (AvgIpc) is 2.62. The summed E-state index contributed by atoms with van der Waals surface area (Å²) in [5.41, 5.74) is -0.690. The Bertz CT molecular complexity index is 571. The Hall–Kier alpha value is -1.21. The summed E-state index contributed by atoms with van der Waals surface area (Å²) in [6.45, 7) is 0. The van der Waals surface area contributed by atoms with Crippen LogP contribution in [0.15, 0.2) is 10.7 Å². The first kappa shape index (κ1) is 10.3. The number of benzene rings is 1. The van der Waals surface area contributed by atoms with Gasteiger partial charge >= 0.3 is 5.69 Å². The quantitative estimate of drug-likeness (QED) is 0.499. The minimum atomic E-state index is -1.08. The van der Waals surface area contributed by atoms with E-state index in [2.05, 4.69) is 26.1 Å². The summed E-state index contributed by atoms with van der Waals surface area (Å²) in [7, 11) is 0. The third kappa shape index (κ3) is 1.38. The Kier molecular flexibility index (Phi) is 2.35. The molecule has 78 valence electrons. The van der Waals surface area contributed by atoms with E-state index in [4.69, 9.17) is 11.6 Å². The first-order chi connectivity index (χ1) is 7.04. The van der Waals surface area contributed by atoms with Gasteiger partial charge in [-0.2, -0.15) is 9.49 Å². The summed E-state index contributed by atoms with van der Waals surface area (Å²) in [6, 6.07) is 0. The number of nitro groups is 1. The molecular formula is C7H2BrClFN3O2. The largest absolute Gasteiger partial charge is 0.331 e. The second-order valence-corrected chi connectivity index (χ2v) is 3.88. The van der Waals surface area contributed by atoms with E-state index in [1.807, 2.05) is 0 Å². The molecule has 1 heterocycles. The number of hydrogen-bond acceptors (Lipinski definition) is 3. The summed E-state index contributed by atoms with van der Waals surface area (Å²) in [5.74, 6) is -1.08. The predicted molar refractivity (Wildman–Crippen MR) is 55.4 cm³/mol. The van der Waals surface area contributed by atoms with Crippen LogP contribution >= 0.6 is 27.5 Å². The molecule has 0 radical (unpaired) electrons. The van der Waals surface area contributed by atoms with Gasteiger partial charge in [-0.3, -0.25) is 15.2 Å². The Labute approximate surface area is 95.5 Å². The predicted octanol–water partition coefficient (Wildman–Crippen LogP) is 3.03. The van der Waals surface area contributed by atoms with Crippen molar-refractivity contribution in [3.05, 3.63) is 31.6 Å². The van der Waals surface area contributed by atoms with Crippen molar-refractivity contribution in [3.8, 4) is 0 Å². The molecule has 0 unspecified atom stereocenters. The van der Waals surface area contributed by atoms with Crippen LogP contribution in [0.5, 0.6) is 0 Å². The zero-order valence-corrected chi connectivity index (χ0v) is 9.26. The van der Waals surface area contributed by atoms with Gasteiger partial charge in [0, 0.05) is 5.39 Å². The molecule has 0 aliphatic carbocycles. The normalized spacial score (nSPS) is 10.9. The first-order valence-corrected chi connectivity index (χ1v) is 4.85. The molecule has 2 aromatic rings. The van der Waals surface area contributed by atoms with Crippen molar-refractivity contribution in [3.63, 3.8) is 0 Å². The summed E-state index contributed by atoms with van der Waals surface area (Å²) >= 11 is 8.63. The van der Waals surface area contributed by atoms with Crippen LogP contribution in [0.1, 0.15) is 0 Å². The van der Waals surface area contributed by atoms with Gasteiger partial charge in [-0.05, 0) is 15.9 Å². The van der Waals surface area contributed by atoms with Gasteiger partial charge in [-0.1, -0.05) is 11.6 Å². The third-order valence-electron chi connectivity index (χ3n) is 1.89. The molecule has 0 bridgehead atoms. The number of nitro benzene ring substituents is 1. The SMILES string of the molecule is O=[N+]([O-])c1c(F)c(Cl)c(Br)c2cn[nH]c12. The van der Waals surface area contributed by atoms with E-state index in [-0.39, 0.29) is 15.0 Å². The zero-order valence-electron chi connectivity index (χ0n) is 6.92. The maximum absolute atomic E-state index is 13.5. The van der Waals surface area contributed by atoms with Crippen molar-refractivity contribution in [2.75, 3.05) is 0 Å². The molecule has 0 aliphatic heterocycles. The van der Waals surface area contributed by atoms with Crippen molar-refractivity contribution < 1.29 is 9.31 Å². The molecule has 0 amide bonds. The van der Waals surface area contributed by atoms with Gasteiger partial charge in [-0.15, -0.1) is 0 Å². The molecule has 1 aromatic carbocycles. The fourth-order valence-corrected chi connectivity index (χ4v) is 1.90. The van der Waals surface area contributed by atoms with Crippen LogP contribution in [0.4, 0.5) is 10.1 Å². The van der Waals surface area contributed by atoms with Gasteiger partial charge in [-0.25, -0.2) is 0 Å². The number of aromatic amines is 1. The number of halogens is 3. The zero-order chi connectivity index (χ0) is 11.2. The Morgan fingerprint density at radius 1 is 1.67 bits per heavy atom. The molecule has 1 N–H and O–H groups in total. The van der Waals surface area contributed by atoms with Crippen LogP contribution < -0.4 is 0 Å². The number of nitrogens with one attached hydrogen (secondary N) is 1. The van der Waals surface area contributed by atoms with E-state index >= 15 is 0 Å². The van der Waals surface area contributed by atoms with Gasteiger partial charge in [0.1, 0.15) is 5.52 Å². The Balaban J connectivity index is 3.01. The highest BCUT2D eigenvalue weighted by atomic mass is 79.9. The van der Waals surface area contributed by atoms with E-state index in [0.717, 1.165) is 0 Å². The van der Waals surface area contributed by atoms with E-state index in [9.17, 15) is 14.5 Å². The summed E-state index contributed by atoms with van der Waals surface area (Å²) in [4.78, 5) is 9.80. The van der Waals surface area contributed by atoms with E-state index in [1.54, 1.807) is 0 Å². The van der Waals surface area contributed by atoms with E-state index in [1.165, 1.54) is 6.20 Å². The lowest BCUT2D eigenvalue weighted by Gasteiger charge is -2.01. The highest BCUT2D eigenvalue weighted by Crippen LogP contribution is 2.39. The topological polar surface area (TPSA) is 71.8 Å². The number of aromatic nitrogens is 2. The number of H-pyrrole nitrogens is 1. The number of rotatable bonds is 1. The third-order valence-corrected chi connectivity index (χ3v) is 3.30. The van der Waals surface area contributed by atoms with Crippen molar-refractivity contribution in [1.82, 2.24) is 10.2 Å². The minimum Gasteiger partial charge on any atom is -0.271 e. The minimum absolute atomic E-state index is 0.00813. The van der Waals surface area contributed by atoms with Crippen LogP contribution in [-0.4, -0.2) is 15.1 Å². The standard InChI is InChI=1S/C7H2BrClFN3O2/c8-3-2-1-11-12-6(2)7(13(14)15)5(10)4(3)9/h1H,(H,11,12). The van der Waals surface area contributed by atoms with Crippen LogP contribution in [0.2, 0.25) is 5.02 Å². The second kappa shape index (κ2) is 3.42. The fourth-order valence-electron chi connectivity index (χ4n) is 1.23. The molecule has 0 saturated carbocycles. The van der Waals surface area contributed by atoms with E-state index in [0.29, 0.717) is 5.39 Å². The van der Waals surface area contributed by atoms with Crippen LogP contribution in [0, 0.1) is 15.9 Å². The molecule has 0 aliphatic rings. The number of nitrogens with zero attached hydrogens (tertiary/aromatic N) is 2. The van der Waals surface area contributed by atoms with Gasteiger partial charge in [0.05, 0.1) is 20.6 Å².